The third-order valence-electron chi connectivity index (χ3n) is 4.90. The van der Waals surface area contributed by atoms with Gasteiger partial charge in [0.2, 0.25) is 11.8 Å². The molecule has 6 heteroatoms. The molecule has 3 N–H and O–H groups in total. The van der Waals surface area contributed by atoms with Crippen molar-refractivity contribution in [2.45, 2.75) is 43.5 Å². The topological polar surface area (TPSA) is 75.4 Å². The first kappa shape index (κ1) is 18.8. The highest BCUT2D eigenvalue weighted by atomic mass is 32.2. The van der Waals surface area contributed by atoms with Crippen LogP contribution in [0.4, 0.5) is 5.69 Å². The molecule has 1 atom stereocenters. The summed E-state index contributed by atoms with van der Waals surface area (Å²) < 4.78 is 0. The van der Waals surface area contributed by atoms with E-state index in [1.165, 1.54) is 0 Å². The largest absolute Gasteiger partial charge is 0.354 e. The number of nitrogens with one attached hydrogen (secondary N) is 1. The molecule has 2 amide bonds. The summed E-state index contributed by atoms with van der Waals surface area (Å²) in [5, 5.41) is 2.93. The normalized spacial score (nSPS) is 18.1. The van der Waals surface area contributed by atoms with Crippen LogP contribution in [0.3, 0.4) is 0 Å². The van der Waals surface area contributed by atoms with E-state index in [9.17, 15) is 9.59 Å². The summed E-state index contributed by atoms with van der Waals surface area (Å²) in [6.45, 7) is 4.93. The minimum Gasteiger partial charge on any atom is -0.354 e. The highest BCUT2D eigenvalue weighted by Gasteiger charge is 2.35. The number of anilines is 1. The second kappa shape index (κ2) is 8.03. The summed E-state index contributed by atoms with van der Waals surface area (Å²) in [7, 11) is 0. The Balaban J connectivity index is 1.97. The number of carbonyl (C=O) groups is 2. The lowest BCUT2D eigenvalue weighted by Gasteiger charge is -2.27. The van der Waals surface area contributed by atoms with Crippen molar-refractivity contribution in [2.75, 3.05) is 24.2 Å². The third kappa shape index (κ3) is 4.30. The summed E-state index contributed by atoms with van der Waals surface area (Å²) in [4.78, 5) is 27.5. The first-order valence-electron chi connectivity index (χ1n) is 8.43. The molecular formula is C18H27N3O2S. The minimum absolute atomic E-state index is 0.00273. The molecule has 1 unspecified atom stereocenters. The molecule has 132 valence electrons. The van der Waals surface area contributed by atoms with Crippen molar-refractivity contribution in [3.63, 3.8) is 0 Å². The van der Waals surface area contributed by atoms with E-state index in [4.69, 9.17) is 5.73 Å². The first-order chi connectivity index (χ1) is 11.4. The molecule has 1 aliphatic heterocycles. The van der Waals surface area contributed by atoms with Crippen LogP contribution in [0.2, 0.25) is 0 Å². The van der Waals surface area contributed by atoms with Crippen LogP contribution in [0.1, 0.15) is 33.1 Å². The van der Waals surface area contributed by atoms with Gasteiger partial charge < -0.3 is 16.0 Å². The highest BCUT2D eigenvalue weighted by Crippen LogP contribution is 2.27. The van der Waals surface area contributed by atoms with E-state index in [1.807, 2.05) is 44.4 Å². The van der Waals surface area contributed by atoms with Crippen molar-refractivity contribution < 1.29 is 9.59 Å². The Labute approximate surface area is 148 Å². The molecule has 1 saturated heterocycles. The van der Waals surface area contributed by atoms with Gasteiger partial charge in [0.25, 0.3) is 0 Å². The molecule has 1 aromatic rings. The van der Waals surface area contributed by atoms with Gasteiger partial charge in [-0.1, -0.05) is 13.8 Å². The molecular weight excluding hydrogens is 322 g/mol. The monoisotopic (exact) mass is 349 g/mol. The second-order valence-corrected chi connectivity index (χ2v) is 7.27. The van der Waals surface area contributed by atoms with Gasteiger partial charge in [0, 0.05) is 35.6 Å². The SMILES string of the molecule is CCC(N)(CC)CNC(=O)C1CC(=O)N(c2ccc(SC)cc2)C1. The van der Waals surface area contributed by atoms with Crippen LogP contribution in [0, 0.1) is 5.92 Å². The Morgan fingerprint density at radius 1 is 1.33 bits per heavy atom. The van der Waals surface area contributed by atoms with Crippen molar-refractivity contribution >= 4 is 29.3 Å². The van der Waals surface area contributed by atoms with Gasteiger partial charge in [0.1, 0.15) is 0 Å². The van der Waals surface area contributed by atoms with E-state index >= 15 is 0 Å². The Morgan fingerprint density at radius 2 is 1.96 bits per heavy atom. The van der Waals surface area contributed by atoms with Crippen LogP contribution < -0.4 is 16.0 Å². The number of thioether (sulfide) groups is 1. The summed E-state index contributed by atoms with van der Waals surface area (Å²) in [5.41, 5.74) is 6.70. The number of carbonyl (C=O) groups excluding carboxylic acids is 2. The van der Waals surface area contributed by atoms with Gasteiger partial charge in [-0.2, -0.15) is 0 Å². The molecule has 1 fully saturated rings. The maximum absolute atomic E-state index is 12.4. The molecule has 1 aromatic carbocycles. The Hall–Kier alpha value is -1.53. The predicted octanol–water partition coefficient (Wildman–Crippen LogP) is 2.40. The Kier molecular flexibility index (Phi) is 6.29. The van der Waals surface area contributed by atoms with Crippen molar-refractivity contribution in [3.8, 4) is 0 Å². The molecule has 5 nitrogen and oxygen atoms in total. The number of rotatable bonds is 7. The van der Waals surface area contributed by atoms with E-state index in [0.717, 1.165) is 23.4 Å². The van der Waals surface area contributed by atoms with Crippen LogP contribution in [-0.2, 0) is 9.59 Å². The van der Waals surface area contributed by atoms with Crippen molar-refractivity contribution in [1.82, 2.24) is 5.32 Å². The number of benzene rings is 1. The molecule has 0 spiro atoms. The summed E-state index contributed by atoms with van der Waals surface area (Å²) in [6, 6.07) is 7.85. The zero-order valence-corrected chi connectivity index (χ0v) is 15.5. The van der Waals surface area contributed by atoms with Crippen molar-refractivity contribution in [1.29, 1.82) is 0 Å². The van der Waals surface area contributed by atoms with Crippen LogP contribution in [0.25, 0.3) is 0 Å². The number of nitrogens with two attached hydrogens (primary N) is 1. The Morgan fingerprint density at radius 3 is 2.50 bits per heavy atom. The summed E-state index contributed by atoms with van der Waals surface area (Å²) >= 11 is 1.66. The van der Waals surface area contributed by atoms with Gasteiger partial charge in [-0.3, -0.25) is 9.59 Å². The standard InChI is InChI=1S/C18H27N3O2S/c1-4-18(19,5-2)12-20-17(23)13-10-16(22)21(11-13)14-6-8-15(24-3)9-7-14/h6-9,13H,4-5,10-12,19H2,1-3H3,(H,20,23). The molecule has 2 rings (SSSR count). The van der Waals surface area contributed by atoms with Crippen LogP contribution >= 0.6 is 11.8 Å². The molecule has 0 aromatic heterocycles. The molecule has 24 heavy (non-hydrogen) atoms. The molecule has 1 heterocycles. The van der Waals surface area contributed by atoms with E-state index in [-0.39, 0.29) is 29.7 Å². The van der Waals surface area contributed by atoms with Crippen LogP contribution in [0.15, 0.2) is 29.2 Å². The lowest BCUT2D eigenvalue weighted by molar-refractivity contribution is -0.126. The van der Waals surface area contributed by atoms with E-state index in [0.29, 0.717) is 13.1 Å². The maximum atomic E-state index is 12.4. The lowest BCUT2D eigenvalue weighted by Crippen LogP contribution is -2.50. The number of hydrogen-bond donors (Lipinski definition) is 2. The van der Waals surface area contributed by atoms with E-state index < -0.39 is 0 Å². The summed E-state index contributed by atoms with van der Waals surface area (Å²) in [5.74, 6) is -0.393. The predicted molar refractivity (Wildman–Crippen MR) is 99.2 cm³/mol. The molecule has 0 saturated carbocycles. The minimum atomic E-state index is -0.369. The fourth-order valence-corrected chi connectivity index (χ4v) is 3.21. The zero-order valence-electron chi connectivity index (χ0n) is 14.7. The fraction of sp³-hybridized carbons (Fsp3) is 0.556. The van der Waals surface area contributed by atoms with Crippen molar-refractivity contribution in [3.05, 3.63) is 24.3 Å². The highest BCUT2D eigenvalue weighted by molar-refractivity contribution is 7.98. The van der Waals surface area contributed by atoms with Gasteiger partial charge in [-0.25, -0.2) is 0 Å². The molecule has 0 aliphatic carbocycles. The number of amides is 2. The zero-order chi connectivity index (χ0) is 17.7. The van der Waals surface area contributed by atoms with Crippen molar-refractivity contribution in [2.24, 2.45) is 11.7 Å². The van der Waals surface area contributed by atoms with Gasteiger partial charge in [-0.15, -0.1) is 11.8 Å². The summed E-state index contributed by atoms with van der Waals surface area (Å²) in [6.07, 6.45) is 3.88. The van der Waals surface area contributed by atoms with Crippen LogP contribution in [-0.4, -0.2) is 36.7 Å². The lowest BCUT2D eigenvalue weighted by atomic mass is 9.94. The van der Waals surface area contributed by atoms with E-state index in [1.54, 1.807) is 16.7 Å². The molecule has 1 aliphatic rings. The second-order valence-electron chi connectivity index (χ2n) is 6.39. The third-order valence-corrected chi connectivity index (χ3v) is 5.65. The fourth-order valence-electron chi connectivity index (χ4n) is 2.80. The molecule has 0 radical (unpaired) electrons. The van der Waals surface area contributed by atoms with Gasteiger partial charge in [0.05, 0.1) is 5.92 Å². The van der Waals surface area contributed by atoms with Gasteiger partial charge in [-0.05, 0) is 43.4 Å². The average Bonchev–Trinajstić information content (AvgIpc) is 3.01. The quantitative estimate of drug-likeness (QED) is 0.741. The number of hydrogen-bond acceptors (Lipinski definition) is 4. The maximum Gasteiger partial charge on any atom is 0.227 e. The van der Waals surface area contributed by atoms with Crippen LogP contribution in [0.5, 0.6) is 0 Å². The Bertz CT molecular complexity index is 584. The smallest absolute Gasteiger partial charge is 0.227 e. The average molecular weight is 350 g/mol. The molecule has 0 bridgehead atoms. The van der Waals surface area contributed by atoms with E-state index in [2.05, 4.69) is 5.32 Å². The number of nitrogens with zero attached hydrogens (tertiary/aromatic N) is 1. The van der Waals surface area contributed by atoms with Gasteiger partial charge in [0.15, 0.2) is 0 Å². The first-order valence-corrected chi connectivity index (χ1v) is 9.66. The van der Waals surface area contributed by atoms with Gasteiger partial charge >= 0.3 is 0 Å².